The van der Waals surface area contributed by atoms with Gasteiger partial charge in [0.25, 0.3) is 0 Å². The summed E-state index contributed by atoms with van der Waals surface area (Å²) in [5.74, 6) is -0.0970. The molecule has 10 heteroatoms. The van der Waals surface area contributed by atoms with Crippen LogP contribution in [0.1, 0.15) is 42.2 Å². The van der Waals surface area contributed by atoms with Crippen molar-refractivity contribution in [2.75, 3.05) is 17.5 Å². The number of carbonyl (C=O) groups excluding carboxylic acids is 1. The lowest BCUT2D eigenvalue weighted by atomic mass is 9.93. The molecular formula is C34H39N3O6S. The molecule has 6 N–H and O–H groups in total. The minimum atomic E-state index is -3.59. The number of aliphatic hydroxyl groups is 1. The number of hydrogen-bond donors (Lipinski definition) is 6. The van der Waals surface area contributed by atoms with Crippen LogP contribution >= 0.6 is 0 Å². The monoisotopic (exact) mass is 617 g/mol. The van der Waals surface area contributed by atoms with Crippen molar-refractivity contribution < 1.29 is 28.5 Å². The number of sulfonamides is 1. The van der Waals surface area contributed by atoms with Crippen molar-refractivity contribution in [1.29, 1.82) is 0 Å². The molecule has 4 aromatic rings. The van der Waals surface area contributed by atoms with Crippen molar-refractivity contribution in [2.45, 2.75) is 44.9 Å². The Morgan fingerprint density at radius 3 is 2.25 bits per heavy atom. The van der Waals surface area contributed by atoms with Crippen LogP contribution in [0.2, 0.25) is 0 Å². The maximum absolute atomic E-state index is 12.7. The van der Waals surface area contributed by atoms with Crippen molar-refractivity contribution >= 4 is 21.6 Å². The average molecular weight is 618 g/mol. The molecule has 0 unspecified atom stereocenters. The number of anilines is 1. The zero-order valence-electron chi connectivity index (χ0n) is 25.0. The van der Waals surface area contributed by atoms with Crippen LogP contribution in [-0.2, 0) is 34.2 Å². The summed E-state index contributed by atoms with van der Waals surface area (Å²) < 4.78 is 25.4. The number of aromatic hydroxyl groups is 2. The molecule has 232 valence electrons. The Morgan fingerprint density at radius 2 is 1.55 bits per heavy atom. The third kappa shape index (κ3) is 9.84. The van der Waals surface area contributed by atoms with Gasteiger partial charge in [-0.1, -0.05) is 66.7 Å². The number of nitrogens with one attached hydrogen (secondary N) is 3. The second kappa shape index (κ2) is 13.9. The molecule has 4 aromatic carbocycles. The van der Waals surface area contributed by atoms with E-state index in [0.29, 0.717) is 18.5 Å². The van der Waals surface area contributed by atoms with Crippen LogP contribution in [0.4, 0.5) is 5.69 Å². The summed E-state index contributed by atoms with van der Waals surface area (Å²) in [6.07, 6.45) is 0.929. The molecule has 0 saturated heterocycles. The summed E-state index contributed by atoms with van der Waals surface area (Å²) in [4.78, 5) is 12.7. The fourth-order valence-electron chi connectivity index (χ4n) is 4.90. The minimum Gasteiger partial charge on any atom is -0.508 e. The first-order chi connectivity index (χ1) is 20.8. The van der Waals surface area contributed by atoms with E-state index in [4.69, 9.17) is 0 Å². The summed E-state index contributed by atoms with van der Waals surface area (Å²) in [5, 5.41) is 36.7. The van der Waals surface area contributed by atoms with Gasteiger partial charge in [0.05, 0.1) is 24.5 Å². The molecule has 0 aliphatic heterocycles. The van der Waals surface area contributed by atoms with Crippen molar-refractivity contribution in [3.63, 3.8) is 0 Å². The average Bonchev–Trinajstić information content (AvgIpc) is 2.95. The van der Waals surface area contributed by atoms with Gasteiger partial charge in [0.1, 0.15) is 11.5 Å². The summed E-state index contributed by atoms with van der Waals surface area (Å²) in [7, 11) is -3.59. The molecule has 0 aromatic heterocycles. The number of hydrogen-bond acceptors (Lipinski definition) is 7. The summed E-state index contributed by atoms with van der Waals surface area (Å²) in [6.45, 7) is 4.63. The Labute approximate surface area is 258 Å². The largest absolute Gasteiger partial charge is 0.508 e. The lowest BCUT2D eigenvalue weighted by molar-refractivity contribution is -0.120. The highest BCUT2D eigenvalue weighted by molar-refractivity contribution is 7.92. The number of phenols is 2. The van der Waals surface area contributed by atoms with Gasteiger partial charge < -0.3 is 26.0 Å². The standard InChI is InChI=1S/C34H39N3O6S/c1-34(2,36-22-32(40)28-14-15-31(39)30(19-28)37-44(3,42)43)20-25-7-4-6-24(16-25)17-33(41)35-21-23-10-12-26(13-11-23)27-8-5-9-29(38)18-27/h4-16,18-19,32,36-40H,17,20-22H2,1-3H3,(H,35,41)/t32-/m0/s1. The van der Waals surface area contributed by atoms with Crippen LogP contribution in [0.25, 0.3) is 11.1 Å². The lowest BCUT2D eigenvalue weighted by Gasteiger charge is -2.28. The van der Waals surface area contributed by atoms with E-state index >= 15 is 0 Å². The molecule has 0 fully saturated rings. The van der Waals surface area contributed by atoms with E-state index < -0.39 is 21.7 Å². The highest BCUT2D eigenvalue weighted by Gasteiger charge is 2.21. The molecule has 9 nitrogen and oxygen atoms in total. The molecule has 1 atom stereocenters. The topological polar surface area (TPSA) is 148 Å². The Balaban J connectivity index is 1.28. The van der Waals surface area contributed by atoms with Crippen LogP contribution in [0.5, 0.6) is 11.5 Å². The lowest BCUT2D eigenvalue weighted by Crippen LogP contribution is -2.43. The minimum absolute atomic E-state index is 0.00650. The molecule has 0 saturated carbocycles. The summed E-state index contributed by atoms with van der Waals surface area (Å²) in [5.41, 5.74) is 4.86. The maximum Gasteiger partial charge on any atom is 0.229 e. The molecule has 0 heterocycles. The van der Waals surface area contributed by atoms with E-state index in [1.165, 1.54) is 12.1 Å². The first-order valence-electron chi connectivity index (χ1n) is 14.2. The number of phenolic OH excluding ortho intramolecular Hbond substituents is 2. The Kier molecular flexibility index (Phi) is 10.3. The zero-order valence-corrected chi connectivity index (χ0v) is 25.9. The predicted octanol–water partition coefficient (Wildman–Crippen LogP) is 4.64. The fourth-order valence-corrected chi connectivity index (χ4v) is 5.47. The quantitative estimate of drug-likeness (QED) is 0.120. The van der Waals surface area contributed by atoms with Gasteiger partial charge >= 0.3 is 0 Å². The molecule has 0 spiro atoms. The van der Waals surface area contributed by atoms with E-state index in [1.807, 2.05) is 68.4 Å². The molecule has 0 radical (unpaired) electrons. The van der Waals surface area contributed by atoms with Crippen molar-refractivity contribution in [3.05, 3.63) is 113 Å². The second-order valence-corrected chi connectivity index (χ2v) is 13.4. The van der Waals surface area contributed by atoms with Crippen molar-refractivity contribution in [2.24, 2.45) is 0 Å². The highest BCUT2D eigenvalue weighted by Crippen LogP contribution is 2.28. The second-order valence-electron chi connectivity index (χ2n) is 11.6. The highest BCUT2D eigenvalue weighted by atomic mass is 32.2. The van der Waals surface area contributed by atoms with Gasteiger partial charge in [-0.2, -0.15) is 0 Å². The number of benzene rings is 4. The van der Waals surface area contributed by atoms with Crippen molar-refractivity contribution in [3.8, 4) is 22.6 Å². The van der Waals surface area contributed by atoms with Gasteiger partial charge in [-0.15, -0.1) is 0 Å². The summed E-state index contributed by atoms with van der Waals surface area (Å²) >= 11 is 0. The van der Waals surface area contributed by atoms with Crippen molar-refractivity contribution in [1.82, 2.24) is 10.6 Å². The third-order valence-corrected chi connectivity index (χ3v) is 7.69. The number of aliphatic hydroxyl groups excluding tert-OH is 1. The molecule has 44 heavy (non-hydrogen) atoms. The SMILES string of the molecule is CC(C)(Cc1cccc(CC(=O)NCc2ccc(-c3cccc(O)c3)cc2)c1)NC[C@H](O)c1ccc(O)c(NS(C)(=O)=O)c1. The Morgan fingerprint density at radius 1 is 0.841 bits per heavy atom. The van der Waals surface area contributed by atoms with Gasteiger partial charge in [0, 0.05) is 18.6 Å². The van der Waals surface area contributed by atoms with Crippen LogP contribution in [0.3, 0.4) is 0 Å². The number of β-amino-alcohol motifs (C(OH)–C–C–N with tert-alkyl or cyclic N) is 1. The van der Waals surface area contributed by atoms with Gasteiger partial charge in [-0.3, -0.25) is 9.52 Å². The first-order valence-corrected chi connectivity index (χ1v) is 16.1. The van der Waals surface area contributed by atoms with Gasteiger partial charge in [0.2, 0.25) is 15.9 Å². The van der Waals surface area contributed by atoms with Gasteiger partial charge in [0.15, 0.2) is 0 Å². The van der Waals surface area contributed by atoms with E-state index in [0.717, 1.165) is 34.1 Å². The normalized spacial score (nSPS) is 12.5. The molecule has 0 aliphatic rings. The van der Waals surface area contributed by atoms with Gasteiger partial charge in [-0.05, 0) is 77.9 Å². The summed E-state index contributed by atoms with van der Waals surface area (Å²) in [6, 6.07) is 27.1. The van der Waals surface area contributed by atoms with E-state index in [2.05, 4.69) is 15.4 Å². The molecule has 0 aliphatic carbocycles. The van der Waals surface area contributed by atoms with Crippen LogP contribution < -0.4 is 15.4 Å². The Hall–Kier alpha value is -4.38. The molecular weight excluding hydrogens is 578 g/mol. The molecule has 0 bridgehead atoms. The smallest absolute Gasteiger partial charge is 0.229 e. The number of rotatable bonds is 13. The third-order valence-electron chi connectivity index (χ3n) is 7.10. The van der Waals surface area contributed by atoms with Crippen LogP contribution in [0, 0.1) is 0 Å². The fraction of sp³-hybridized carbons (Fsp3) is 0.265. The van der Waals surface area contributed by atoms with E-state index in [-0.39, 0.29) is 36.1 Å². The zero-order chi connectivity index (χ0) is 31.9. The van der Waals surface area contributed by atoms with E-state index in [1.54, 1.807) is 24.3 Å². The van der Waals surface area contributed by atoms with Gasteiger partial charge in [-0.25, -0.2) is 8.42 Å². The van der Waals surface area contributed by atoms with E-state index in [9.17, 15) is 28.5 Å². The Bertz CT molecular complexity index is 1700. The van der Waals surface area contributed by atoms with Crippen LogP contribution in [0.15, 0.2) is 91.0 Å². The predicted molar refractivity (Wildman–Crippen MR) is 173 cm³/mol. The molecule has 4 rings (SSSR count). The van der Waals surface area contributed by atoms with Crippen LogP contribution in [-0.4, -0.2) is 48.0 Å². The number of carbonyl (C=O) groups is 1. The first kappa shape index (κ1) is 32.5. The maximum atomic E-state index is 12.7. The number of amides is 1. The molecule has 1 amide bonds.